The number of carbonyl (C=O) groups is 2. The molecular weight excluding hydrogens is 298 g/mol. The van der Waals surface area contributed by atoms with E-state index in [9.17, 15) is 9.59 Å². The summed E-state index contributed by atoms with van der Waals surface area (Å²) in [5.41, 5.74) is 1.78. The van der Waals surface area contributed by atoms with Crippen LogP contribution in [0.2, 0.25) is 0 Å². The van der Waals surface area contributed by atoms with E-state index in [0.29, 0.717) is 13.0 Å². The van der Waals surface area contributed by atoms with Gasteiger partial charge in [-0.2, -0.15) is 0 Å². The lowest BCUT2D eigenvalue weighted by Gasteiger charge is -2.24. The van der Waals surface area contributed by atoms with E-state index in [2.05, 4.69) is 4.98 Å². The third-order valence-corrected chi connectivity index (χ3v) is 3.22. The monoisotopic (exact) mass is 323 g/mol. The second kappa shape index (κ2) is 9.94. The number of aryl methyl sites for hydroxylation is 1. The molecule has 1 aromatic rings. The largest absolute Gasteiger partial charge is 0.465 e. The van der Waals surface area contributed by atoms with Crippen LogP contribution in [0.1, 0.15) is 32.0 Å². The fourth-order valence-electron chi connectivity index (χ4n) is 2.18. The van der Waals surface area contributed by atoms with Crippen molar-refractivity contribution in [2.45, 2.75) is 40.2 Å². The molecule has 0 fully saturated rings. The van der Waals surface area contributed by atoms with Crippen LogP contribution < -0.4 is 0 Å². The second-order valence-electron chi connectivity index (χ2n) is 5.01. The molecule has 0 aliphatic heterocycles. The molecule has 0 radical (unpaired) electrons. The third kappa shape index (κ3) is 5.98. The van der Waals surface area contributed by atoms with Crippen LogP contribution in [0.5, 0.6) is 0 Å². The van der Waals surface area contributed by atoms with E-state index in [1.54, 1.807) is 20.0 Å². The number of hydrogen-bond acceptors (Lipinski definition) is 6. The summed E-state index contributed by atoms with van der Waals surface area (Å²) in [4.78, 5) is 28.7. The van der Waals surface area contributed by atoms with E-state index < -0.39 is 24.0 Å². The number of aromatic nitrogens is 1. The van der Waals surface area contributed by atoms with Crippen molar-refractivity contribution in [3.05, 3.63) is 29.6 Å². The first kappa shape index (κ1) is 19.1. The molecule has 0 aliphatic carbocycles. The summed E-state index contributed by atoms with van der Waals surface area (Å²) in [5.74, 6) is -2.37. The molecule has 1 rings (SSSR count). The first-order valence-electron chi connectivity index (χ1n) is 7.89. The van der Waals surface area contributed by atoms with Gasteiger partial charge in [-0.1, -0.05) is 6.07 Å². The lowest BCUT2D eigenvalue weighted by molar-refractivity contribution is -0.169. The maximum atomic E-state index is 12.2. The van der Waals surface area contributed by atoms with Crippen LogP contribution in [-0.2, 0) is 30.2 Å². The van der Waals surface area contributed by atoms with Gasteiger partial charge in [0.05, 0.1) is 19.3 Å². The van der Waals surface area contributed by atoms with Crippen molar-refractivity contribution in [1.82, 2.24) is 4.98 Å². The van der Waals surface area contributed by atoms with Crippen LogP contribution in [-0.4, -0.2) is 42.8 Å². The van der Waals surface area contributed by atoms with Crippen molar-refractivity contribution in [2.75, 3.05) is 19.8 Å². The van der Waals surface area contributed by atoms with Gasteiger partial charge in [0, 0.05) is 24.9 Å². The Morgan fingerprint density at radius 1 is 1.04 bits per heavy atom. The zero-order valence-electron chi connectivity index (χ0n) is 14.2. The highest BCUT2D eigenvalue weighted by atomic mass is 16.6. The Hall–Kier alpha value is -1.95. The summed E-state index contributed by atoms with van der Waals surface area (Å²) in [7, 11) is 0. The van der Waals surface area contributed by atoms with Crippen LogP contribution in [0.4, 0.5) is 0 Å². The van der Waals surface area contributed by atoms with Gasteiger partial charge in [-0.25, -0.2) is 0 Å². The number of esters is 2. The smallest absolute Gasteiger partial charge is 0.323 e. The quantitative estimate of drug-likeness (QED) is 0.512. The van der Waals surface area contributed by atoms with Gasteiger partial charge in [0.25, 0.3) is 0 Å². The minimum atomic E-state index is -1.11. The van der Waals surface area contributed by atoms with Gasteiger partial charge in [-0.15, -0.1) is 0 Å². The van der Waals surface area contributed by atoms with Gasteiger partial charge in [0.15, 0.2) is 5.92 Å². The third-order valence-electron chi connectivity index (χ3n) is 3.22. The molecule has 1 atom stereocenters. The van der Waals surface area contributed by atoms with Crippen molar-refractivity contribution in [3.63, 3.8) is 0 Å². The summed E-state index contributed by atoms with van der Waals surface area (Å²) in [5, 5.41) is 0. The highest BCUT2D eigenvalue weighted by molar-refractivity contribution is 5.95. The summed E-state index contributed by atoms with van der Waals surface area (Å²) >= 11 is 0. The zero-order valence-corrected chi connectivity index (χ0v) is 14.2. The van der Waals surface area contributed by atoms with E-state index in [0.717, 1.165) is 11.3 Å². The van der Waals surface area contributed by atoms with Crippen molar-refractivity contribution in [1.29, 1.82) is 0 Å². The molecule has 0 amide bonds. The van der Waals surface area contributed by atoms with Crippen molar-refractivity contribution in [2.24, 2.45) is 5.92 Å². The van der Waals surface area contributed by atoms with Crippen molar-refractivity contribution in [3.8, 4) is 0 Å². The molecule has 0 aromatic carbocycles. The Balaban J connectivity index is 3.00. The van der Waals surface area contributed by atoms with E-state index in [1.807, 2.05) is 26.0 Å². The van der Waals surface area contributed by atoms with E-state index in [-0.39, 0.29) is 13.2 Å². The minimum Gasteiger partial charge on any atom is -0.465 e. The van der Waals surface area contributed by atoms with Gasteiger partial charge in [-0.05, 0) is 39.3 Å². The molecular formula is C17H25NO5. The van der Waals surface area contributed by atoms with Crippen molar-refractivity contribution >= 4 is 11.9 Å². The van der Waals surface area contributed by atoms with Crippen LogP contribution >= 0.6 is 0 Å². The topological polar surface area (TPSA) is 74.7 Å². The second-order valence-corrected chi connectivity index (χ2v) is 5.01. The Morgan fingerprint density at radius 2 is 1.65 bits per heavy atom. The number of ether oxygens (including phenoxy) is 3. The molecule has 0 aliphatic rings. The molecule has 128 valence electrons. The molecule has 6 nitrogen and oxygen atoms in total. The first-order valence-corrected chi connectivity index (χ1v) is 7.89. The molecule has 23 heavy (non-hydrogen) atoms. The molecule has 0 N–H and O–H groups in total. The normalized spacial score (nSPS) is 12.0. The maximum absolute atomic E-state index is 12.2. The van der Waals surface area contributed by atoms with Gasteiger partial charge in [0.2, 0.25) is 0 Å². The Kier molecular flexibility index (Phi) is 8.26. The first-order chi connectivity index (χ1) is 11.0. The molecule has 1 heterocycles. The predicted octanol–water partition coefficient (Wildman–Crippen LogP) is 2.08. The molecule has 6 heteroatoms. The minimum absolute atomic E-state index is 0.191. The van der Waals surface area contributed by atoms with Crippen LogP contribution in [0.25, 0.3) is 0 Å². The lowest BCUT2D eigenvalue weighted by Crippen LogP contribution is -2.40. The summed E-state index contributed by atoms with van der Waals surface area (Å²) in [6, 6.07) is 3.78. The molecule has 0 bridgehead atoms. The average molecular weight is 323 g/mol. The van der Waals surface area contributed by atoms with Crippen molar-refractivity contribution < 1.29 is 23.8 Å². The Morgan fingerprint density at radius 3 is 2.09 bits per heavy atom. The lowest BCUT2D eigenvalue weighted by atomic mass is 9.97. The number of rotatable bonds is 9. The van der Waals surface area contributed by atoms with Gasteiger partial charge >= 0.3 is 11.9 Å². The zero-order chi connectivity index (χ0) is 17.2. The standard InChI is InChI=1S/C17H25NO5/c1-5-21-14(10-13-9-8-12(4)11-18-13)15(16(19)22-6-2)17(20)23-7-3/h8-9,11,14-15H,5-7,10H2,1-4H3. The molecule has 0 spiro atoms. The molecule has 0 saturated carbocycles. The maximum Gasteiger partial charge on any atom is 0.323 e. The SMILES string of the molecule is CCOC(=O)C(C(=O)OCC)C(Cc1ccc(C)cn1)OCC. The average Bonchev–Trinajstić information content (AvgIpc) is 2.50. The number of hydrogen-bond donors (Lipinski definition) is 0. The van der Waals surface area contributed by atoms with Crippen LogP contribution in [0.15, 0.2) is 18.3 Å². The molecule has 0 saturated heterocycles. The van der Waals surface area contributed by atoms with E-state index in [1.165, 1.54) is 0 Å². The Bertz CT molecular complexity index is 482. The molecule has 1 unspecified atom stereocenters. The van der Waals surface area contributed by atoms with Crippen LogP contribution in [0, 0.1) is 12.8 Å². The van der Waals surface area contributed by atoms with Gasteiger partial charge in [0.1, 0.15) is 0 Å². The van der Waals surface area contributed by atoms with E-state index in [4.69, 9.17) is 14.2 Å². The summed E-state index contributed by atoms with van der Waals surface area (Å²) < 4.78 is 15.7. The molecule has 1 aromatic heterocycles. The van der Waals surface area contributed by atoms with E-state index >= 15 is 0 Å². The highest BCUT2D eigenvalue weighted by Crippen LogP contribution is 2.18. The fraction of sp³-hybridized carbons (Fsp3) is 0.588. The summed E-state index contributed by atoms with van der Waals surface area (Å²) in [6.07, 6.45) is 1.40. The fourth-order valence-corrected chi connectivity index (χ4v) is 2.18. The number of nitrogens with zero attached hydrogens (tertiary/aromatic N) is 1. The van der Waals surface area contributed by atoms with Crippen LogP contribution in [0.3, 0.4) is 0 Å². The highest BCUT2D eigenvalue weighted by Gasteiger charge is 2.38. The van der Waals surface area contributed by atoms with Gasteiger partial charge in [-0.3, -0.25) is 14.6 Å². The van der Waals surface area contributed by atoms with Gasteiger partial charge < -0.3 is 14.2 Å². The number of pyridine rings is 1. The summed E-state index contributed by atoms with van der Waals surface area (Å²) in [6.45, 7) is 7.88. The predicted molar refractivity (Wildman–Crippen MR) is 84.8 cm³/mol. The Labute approximate surface area is 137 Å². The number of carbonyl (C=O) groups excluding carboxylic acids is 2.